The highest BCUT2D eigenvalue weighted by Crippen LogP contribution is 2.44. The number of aliphatic carboxylic acids is 1. The summed E-state index contributed by atoms with van der Waals surface area (Å²) in [5.74, 6) is -1.86. The van der Waals surface area contributed by atoms with Crippen molar-refractivity contribution in [3.63, 3.8) is 0 Å². The van der Waals surface area contributed by atoms with E-state index in [1.165, 1.54) is 0 Å². The zero-order chi connectivity index (χ0) is 22.9. The van der Waals surface area contributed by atoms with Crippen LogP contribution in [-0.2, 0) is 14.3 Å². The van der Waals surface area contributed by atoms with Gasteiger partial charge in [-0.1, -0.05) is 62.4 Å². The van der Waals surface area contributed by atoms with Crippen molar-refractivity contribution < 1.29 is 24.2 Å². The first kappa shape index (κ1) is 21.9. The van der Waals surface area contributed by atoms with Crippen LogP contribution in [0.15, 0.2) is 48.5 Å². The predicted octanol–water partition coefficient (Wildman–Crippen LogP) is 3.67. The van der Waals surface area contributed by atoms with E-state index in [4.69, 9.17) is 4.74 Å². The summed E-state index contributed by atoms with van der Waals surface area (Å²) in [7, 11) is 0. The van der Waals surface area contributed by atoms with Crippen molar-refractivity contribution in [2.24, 2.45) is 5.92 Å². The van der Waals surface area contributed by atoms with Gasteiger partial charge in [0.25, 0.3) is 0 Å². The first-order valence-electron chi connectivity index (χ1n) is 11.0. The van der Waals surface area contributed by atoms with Gasteiger partial charge in [0, 0.05) is 5.92 Å². The zero-order valence-electron chi connectivity index (χ0n) is 18.3. The molecule has 7 heteroatoms. The molecule has 0 unspecified atom stereocenters. The molecule has 2 amide bonds. The fourth-order valence-corrected chi connectivity index (χ4v) is 4.54. The molecule has 0 aliphatic heterocycles. The second-order valence-electron chi connectivity index (χ2n) is 8.92. The molecule has 4 rings (SSSR count). The van der Waals surface area contributed by atoms with Crippen LogP contribution in [0.5, 0.6) is 0 Å². The normalized spacial score (nSPS) is 17.0. The van der Waals surface area contributed by atoms with Crippen molar-refractivity contribution in [2.45, 2.75) is 50.6 Å². The van der Waals surface area contributed by atoms with Crippen LogP contribution in [0.1, 0.15) is 50.2 Å². The highest BCUT2D eigenvalue weighted by Gasteiger charge is 2.47. The molecule has 2 aliphatic carbocycles. The number of hydrogen-bond donors (Lipinski definition) is 3. The Bertz CT molecular complexity index is 999. The SMILES string of the molecule is CC(C)[C@H](NC(=O)OCC1c2ccccc2-c2ccccc21)C(=O)NC1(C(=O)O)CCC1. The summed E-state index contributed by atoms with van der Waals surface area (Å²) in [6.45, 7) is 3.73. The van der Waals surface area contributed by atoms with E-state index in [0.717, 1.165) is 28.7 Å². The number of alkyl carbamates (subject to hydrolysis) is 1. The molecule has 3 N–H and O–H groups in total. The Morgan fingerprint density at radius 2 is 1.59 bits per heavy atom. The molecule has 2 aromatic rings. The Morgan fingerprint density at radius 3 is 2.06 bits per heavy atom. The number of ether oxygens (including phenoxy) is 1. The van der Waals surface area contributed by atoms with E-state index in [-0.39, 0.29) is 18.4 Å². The largest absolute Gasteiger partial charge is 0.480 e. The van der Waals surface area contributed by atoms with Crippen LogP contribution in [0.3, 0.4) is 0 Å². The average molecular weight is 437 g/mol. The number of carbonyl (C=O) groups is 3. The molecule has 1 fully saturated rings. The van der Waals surface area contributed by atoms with Crippen molar-refractivity contribution in [1.29, 1.82) is 0 Å². The van der Waals surface area contributed by atoms with Crippen molar-refractivity contribution in [2.75, 3.05) is 6.61 Å². The van der Waals surface area contributed by atoms with Gasteiger partial charge in [0.15, 0.2) is 0 Å². The number of carboxylic acid groups (broad SMARTS) is 1. The third-order valence-corrected chi connectivity index (χ3v) is 6.55. The Hall–Kier alpha value is -3.35. The molecule has 0 radical (unpaired) electrons. The van der Waals surface area contributed by atoms with Crippen molar-refractivity contribution in [3.8, 4) is 11.1 Å². The zero-order valence-corrected chi connectivity index (χ0v) is 18.3. The maximum Gasteiger partial charge on any atom is 0.407 e. The number of carbonyl (C=O) groups excluding carboxylic acids is 2. The molecule has 168 valence electrons. The van der Waals surface area contributed by atoms with E-state index in [9.17, 15) is 19.5 Å². The highest BCUT2D eigenvalue weighted by atomic mass is 16.5. The summed E-state index contributed by atoms with van der Waals surface area (Å²) in [5, 5.41) is 14.7. The number of nitrogens with one attached hydrogen (secondary N) is 2. The number of amides is 2. The van der Waals surface area contributed by atoms with E-state index >= 15 is 0 Å². The minimum absolute atomic E-state index is 0.0790. The fourth-order valence-electron chi connectivity index (χ4n) is 4.54. The first-order chi connectivity index (χ1) is 15.3. The van der Waals surface area contributed by atoms with E-state index in [2.05, 4.69) is 22.8 Å². The van der Waals surface area contributed by atoms with Crippen LogP contribution in [0, 0.1) is 5.92 Å². The maximum absolute atomic E-state index is 12.8. The topological polar surface area (TPSA) is 105 Å². The summed E-state index contributed by atoms with van der Waals surface area (Å²) >= 11 is 0. The van der Waals surface area contributed by atoms with Gasteiger partial charge in [0.05, 0.1) is 0 Å². The second kappa shape index (κ2) is 8.65. The molecular formula is C25H28N2O5. The summed E-state index contributed by atoms with van der Waals surface area (Å²) in [4.78, 5) is 37.0. The minimum atomic E-state index is -1.23. The number of fused-ring (bicyclic) bond motifs is 3. The fraction of sp³-hybridized carbons (Fsp3) is 0.400. The highest BCUT2D eigenvalue weighted by molar-refractivity contribution is 5.92. The van der Waals surface area contributed by atoms with Gasteiger partial charge in [-0.2, -0.15) is 0 Å². The standard InChI is InChI=1S/C25H28N2O5/c1-15(2)21(22(28)27-25(23(29)30)12-7-13-25)26-24(31)32-14-20-18-10-5-3-8-16(18)17-9-4-6-11-19(17)20/h3-6,8-11,15,20-21H,7,12-14H2,1-2H3,(H,26,31)(H,27,28)(H,29,30)/t21-/m0/s1. The van der Waals surface area contributed by atoms with Crippen molar-refractivity contribution in [1.82, 2.24) is 10.6 Å². The third kappa shape index (κ3) is 3.95. The lowest BCUT2D eigenvalue weighted by atomic mass is 9.76. The van der Waals surface area contributed by atoms with Gasteiger partial charge in [-0.25, -0.2) is 9.59 Å². The molecule has 0 heterocycles. The van der Waals surface area contributed by atoms with Crippen molar-refractivity contribution >= 4 is 18.0 Å². The summed E-state index contributed by atoms with van der Waals surface area (Å²) < 4.78 is 5.54. The van der Waals surface area contributed by atoms with Gasteiger partial charge in [-0.15, -0.1) is 0 Å². The van der Waals surface area contributed by atoms with E-state index in [1.54, 1.807) is 13.8 Å². The van der Waals surface area contributed by atoms with Crippen molar-refractivity contribution in [3.05, 3.63) is 59.7 Å². The van der Waals surface area contributed by atoms with E-state index in [0.29, 0.717) is 12.8 Å². The van der Waals surface area contributed by atoms with Crippen LogP contribution in [0.2, 0.25) is 0 Å². The molecule has 1 saturated carbocycles. The van der Waals surface area contributed by atoms with Gasteiger partial charge >= 0.3 is 12.1 Å². The molecule has 0 bridgehead atoms. The number of hydrogen-bond acceptors (Lipinski definition) is 4. The summed E-state index contributed by atoms with van der Waals surface area (Å²) in [5.41, 5.74) is 3.25. The Morgan fingerprint density at radius 1 is 1.03 bits per heavy atom. The van der Waals surface area contributed by atoms with Gasteiger partial charge in [0.2, 0.25) is 5.91 Å². The Kier molecular flexibility index (Phi) is 5.91. The van der Waals surface area contributed by atoms with E-state index < -0.39 is 29.6 Å². The lowest BCUT2D eigenvalue weighted by molar-refractivity contribution is -0.152. The van der Waals surface area contributed by atoms with Crippen LogP contribution >= 0.6 is 0 Å². The smallest absolute Gasteiger partial charge is 0.407 e. The lowest BCUT2D eigenvalue weighted by Gasteiger charge is -2.39. The van der Waals surface area contributed by atoms with Gasteiger partial charge in [0.1, 0.15) is 18.2 Å². The summed E-state index contributed by atoms with van der Waals surface area (Å²) in [6.07, 6.45) is 0.838. The Balaban J connectivity index is 1.41. The molecule has 0 aromatic heterocycles. The van der Waals surface area contributed by atoms with Crippen LogP contribution in [-0.4, -0.2) is 41.3 Å². The van der Waals surface area contributed by atoms with Gasteiger partial charge in [-0.3, -0.25) is 4.79 Å². The molecule has 32 heavy (non-hydrogen) atoms. The molecule has 0 spiro atoms. The average Bonchev–Trinajstić information content (AvgIpc) is 3.06. The van der Waals surface area contributed by atoms with Crippen LogP contribution in [0.4, 0.5) is 4.79 Å². The molecule has 0 saturated heterocycles. The van der Waals surface area contributed by atoms with Gasteiger partial charge in [-0.05, 0) is 47.4 Å². The van der Waals surface area contributed by atoms with E-state index in [1.807, 2.05) is 36.4 Å². The number of benzene rings is 2. The summed E-state index contributed by atoms with van der Waals surface area (Å²) in [6, 6.07) is 15.2. The third-order valence-electron chi connectivity index (χ3n) is 6.55. The molecule has 7 nitrogen and oxygen atoms in total. The first-order valence-corrected chi connectivity index (χ1v) is 11.0. The van der Waals surface area contributed by atoms with Crippen LogP contribution in [0.25, 0.3) is 11.1 Å². The monoisotopic (exact) mass is 436 g/mol. The Labute approximate surface area is 187 Å². The molecule has 1 atom stereocenters. The lowest BCUT2D eigenvalue weighted by Crippen LogP contribution is -2.63. The van der Waals surface area contributed by atoms with Crippen LogP contribution < -0.4 is 10.6 Å². The minimum Gasteiger partial charge on any atom is -0.480 e. The predicted molar refractivity (Wildman–Crippen MR) is 119 cm³/mol. The van der Waals surface area contributed by atoms with Gasteiger partial charge < -0.3 is 20.5 Å². The molecule has 2 aromatic carbocycles. The molecule has 2 aliphatic rings. The second-order valence-corrected chi connectivity index (χ2v) is 8.92. The number of carboxylic acids is 1. The number of rotatable bonds is 7. The maximum atomic E-state index is 12.8. The quantitative estimate of drug-likeness (QED) is 0.614. The molecular weight excluding hydrogens is 408 g/mol.